The molecule has 0 aliphatic carbocycles. The second-order valence-corrected chi connectivity index (χ2v) is 7.96. The number of benzene rings is 3. The van der Waals surface area contributed by atoms with Crippen LogP contribution >= 0.6 is 0 Å². The van der Waals surface area contributed by atoms with Gasteiger partial charge < -0.3 is 5.11 Å². The first-order valence-electron chi connectivity index (χ1n) is 10.6. The second-order valence-electron chi connectivity index (χ2n) is 7.96. The van der Waals surface area contributed by atoms with E-state index in [1.54, 1.807) is 0 Å². The standard InChI is InChI=1S/C26H29NO/c1-3-4-5-6-7-8-13-21-15-22-14-19-11-9-10-12-20(19)16-23(22)24-17-25(28)18(2)27-26(21)24/h9-12,14-17,28H,3-8,13H2,1-2H3. The molecule has 0 spiro atoms. The molecule has 1 aromatic heterocycles. The summed E-state index contributed by atoms with van der Waals surface area (Å²) in [6.07, 6.45) is 8.79. The number of fused-ring (bicyclic) bond motifs is 4. The summed E-state index contributed by atoms with van der Waals surface area (Å²) in [4.78, 5) is 4.78. The minimum absolute atomic E-state index is 0.277. The molecule has 0 aliphatic rings. The molecule has 144 valence electrons. The molecule has 1 N–H and O–H groups in total. The lowest BCUT2D eigenvalue weighted by Crippen LogP contribution is -1.95. The first-order valence-corrected chi connectivity index (χ1v) is 10.6. The van der Waals surface area contributed by atoms with Gasteiger partial charge >= 0.3 is 0 Å². The number of unbranched alkanes of at least 4 members (excludes halogenated alkanes) is 5. The minimum atomic E-state index is 0.277. The smallest absolute Gasteiger partial charge is 0.137 e. The maximum Gasteiger partial charge on any atom is 0.137 e. The first kappa shape index (κ1) is 18.7. The van der Waals surface area contributed by atoms with Crippen LogP contribution in [0.15, 0.2) is 48.5 Å². The Bertz CT molecular complexity index is 1130. The van der Waals surface area contributed by atoms with E-state index in [1.807, 2.05) is 13.0 Å². The van der Waals surface area contributed by atoms with Gasteiger partial charge in [-0.25, -0.2) is 4.98 Å². The highest BCUT2D eigenvalue weighted by molar-refractivity contribution is 6.12. The number of aromatic nitrogens is 1. The SMILES string of the molecule is CCCCCCCCc1cc2cc3ccccc3cc2c2cc(O)c(C)nc12. The highest BCUT2D eigenvalue weighted by atomic mass is 16.3. The Morgan fingerprint density at radius 2 is 1.50 bits per heavy atom. The van der Waals surface area contributed by atoms with Crippen LogP contribution in [0.25, 0.3) is 32.4 Å². The molecular weight excluding hydrogens is 342 g/mol. The molecule has 0 amide bonds. The summed E-state index contributed by atoms with van der Waals surface area (Å²) in [5, 5.41) is 16.3. The minimum Gasteiger partial charge on any atom is -0.506 e. The Morgan fingerprint density at radius 3 is 2.29 bits per heavy atom. The predicted octanol–water partition coefficient (Wildman–Crippen LogP) is 7.46. The van der Waals surface area contributed by atoms with Crippen LogP contribution in [0.5, 0.6) is 5.75 Å². The van der Waals surface area contributed by atoms with Crippen molar-refractivity contribution in [3.05, 3.63) is 59.8 Å². The van der Waals surface area contributed by atoms with Crippen LogP contribution in [0, 0.1) is 6.92 Å². The van der Waals surface area contributed by atoms with E-state index in [4.69, 9.17) is 4.98 Å². The molecule has 0 radical (unpaired) electrons. The van der Waals surface area contributed by atoms with Gasteiger partial charge in [0, 0.05) is 5.39 Å². The lowest BCUT2D eigenvalue weighted by atomic mass is 9.94. The molecule has 2 heteroatoms. The molecule has 4 rings (SSSR count). The number of pyridine rings is 1. The second kappa shape index (κ2) is 8.18. The van der Waals surface area contributed by atoms with E-state index in [9.17, 15) is 5.11 Å². The van der Waals surface area contributed by atoms with E-state index in [0.29, 0.717) is 5.69 Å². The van der Waals surface area contributed by atoms with Crippen molar-refractivity contribution in [1.29, 1.82) is 0 Å². The first-order chi connectivity index (χ1) is 13.7. The summed E-state index contributed by atoms with van der Waals surface area (Å²) in [5.41, 5.74) is 3.06. The van der Waals surface area contributed by atoms with Gasteiger partial charge in [0.15, 0.2) is 0 Å². The third-order valence-electron chi connectivity index (χ3n) is 5.83. The zero-order valence-corrected chi connectivity index (χ0v) is 17.0. The summed E-state index contributed by atoms with van der Waals surface area (Å²) in [5.74, 6) is 0.277. The van der Waals surface area contributed by atoms with Crippen molar-refractivity contribution >= 4 is 32.4 Å². The van der Waals surface area contributed by atoms with Crippen LogP contribution in [0.4, 0.5) is 0 Å². The van der Waals surface area contributed by atoms with Crippen LogP contribution in [0.3, 0.4) is 0 Å². The molecular formula is C26H29NO. The van der Waals surface area contributed by atoms with Crippen LogP contribution < -0.4 is 0 Å². The van der Waals surface area contributed by atoms with Crippen molar-refractivity contribution in [2.24, 2.45) is 0 Å². The molecule has 0 unspecified atom stereocenters. The fourth-order valence-electron chi connectivity index (χ4n) is 4.20. The Balaban J connectivity index is 1.78. The normalized spacial score (nSPS) is 11.6. The Kier molecular flexibility index (Phi) is 5.47. The molecule has 0 bridgehead atoms. The van der Waals surface area contributed by atoms with Gasteiger partial charge in [0.25, 0.3) is 0 Å². The van der Waals surface area contributed by atoms with E-state index in [0.717, 1.165) is 17.3 Å². The maximum atomic E-state index is 10.3. The van der Waals surface area contributed by atoms with E-state index in [1.165, 1.54) is 65.6 Å². The number of hydrogen-bond donors (Lipinski definition) is 1. The molecule has 2 nitrogen and oxygen atoms in total. The van der Waals surface area contributed by atoms with Gasteiger partial charge in [-0.15, -0.1) is 0 Å². The van der Waals surface area contributed by atoms with E-state index in [2.05, 4.69) is 49.4 Å². The topological polar surface area (TPSA) is 33.1 Å². The molecule has 0 aliphatic heterocycles. The van der Waals surface area contributed by atoms with Crippen LogP contribution in [0.1, 0.15) is 56.7 Å². The average molecular weight is 372 g/mol. The Labute approximate surface area is 167 Å². The van der Waals surface area contributed by atoms with Gasteiger partial charge in [-0.3, -0.25) is 0 Å². The summed E-state index contributed by atoms with van der Waals surface area (Å²) < 4.78 is 0. The Morgan fingerprint density at radius 1 is 0.786 bits per heavy atom. The van der Waals surface area contributed by atoms with E-state index >= 15 is 0 Å². The highest BCUT2D eigenvalue weighted by Crippen LogP contribution is 2.34. The summed E-state index contributed by atoms with van der Waals surface area (Å²) in [7, 11) is 0. The van der Waals surface area contributed by atoms with Crippen molar-refractivity contribution in [3.63, 3.8) is 0 Å². The third kappa shape index (κ3) is 3.69. The highest BCUT2D eigenvalue weighted by Gasteiger charge is 2.12. The van der Waals surface area contributed by atoms with Gasteiger partial charge in [0.2, 0.25) is 0 Å². The van der Waals surface area contributed by atoms with Gasteiger partial charge in [-0.05, 0) is 71.1 Å². The van der Waals surface area contributed by atoms with Crippen molar-refractivity contribution in [2.75, 3.05) is 0 Å². The number of hydrogen-bond acceptors (Lipinski definition) is 2. The lowest BCUT2D eigenvalue weighted by molar-refractivity contribution is 0.469. The molecule has 1 heterocycles. The molecule has 4 aromatic rings. The van der Waals surface area contributed by atoms with Crippen molar-refractivity contribution in [1.82, 2.24) is 4.98 Å². The summed E-state index contributed by atoms with van der Waals surface area (Å²) >= 11 is 0. The quantitative estimate of drug-likeness (QED) is 0.208. The third-order valence-corrected chi connectivity index (χ3v) is 5.83. The fourth-order valence-corrected chi connectivity index (χ4v) is 4.20. The number of rotatable bonds is 7. The van der Waals surface area contributed by atoms with E-state index in [-0.39, 0.29) is 5.75 Å². The zero-order chi connectivity index (χ0) is 19.5. The number of aromatic hydroxyl groups is 1. The number of aryl methyl sites for hydroxylation is 2. The monoisotopic (exact) mass is 371 g/mol. The van der Waals surface area contributed by atoms with Gasteiger partial charge in [0.05, 0.1) is 11.2 Å². The molecule has 0 fully saturated rings. The van der Waals surface area contributed by atoms with E-state index < -0.39 is 0 Å². The summed E-state index contributed by atoms with van der Waals surface area (Å²) in [6, 6.07) is 17.2. The maximum absolute atomic E-state index is 10.3. The zero-order valence-electron chi connectivity index (χ0n) is 17.0. The van der Waals surface area contributed by atoms with Crippen LogP contribution in [-0.2, 0) is 6.42 Å². The van der Waals surface area contributed by atoms with Gasteiger partial charge in [-0.2, -0.15) is 0 Å². The molecule has 3 aromatic carbocycles. The van der Waals surface area contributed by atoms with Crippen molar-refractivity contribution < 1.29 is 5.11 Å². The van der Waals surface area contributed by atoms with Crippen molar-refractivity contribution in [3.8, 4) is 5.75 Å². The molecule has 28 heavy (non-hydrogen) atoms. The largest absolute Gasteiger partial charge is 0.506 e. The summed E-state index contributed by atoms with van der Waals surface area (Å²) in [6.45, 7) is 4.14. The number of nitrogens with zero attached hydrogens (tertiary/aromatic N) is 1. The van der Waals surface area contributed by atoms with Crippen LogP contribution in [0.2, 0.25) is 0 Å². The van der Waals surface area contributed by atoms with Crippen molar-refractivity contribution in [2.45, 2.75) is 58.8 Å². The van der Waals surface area contributed by atoms with Gasteiger partial charge in [-0.1, -0.05) is 63.3 Å². The Hall–Kier alpha value is -2.61. The molecule has 0 atom stereocenters. The van der Waals surface area contributed by atoms with Gasteiger partial charge in [0.1, 0.15) is 5.75 Å². The lowest BCUT2D eigenvalue weighted by Gasteiger charge is -2.13. The molecule has 0 saturated heterocycles. The van der Waals surface area contributed by atoms with Crippen LogP contribution in [-0.4, -0.2) is 10.1 Å². The fraction of sp³-hybridized carbons (Fsp3) is 0.346. The molecule has 0 saturated carbocycles. The average Bonchev–Trinajstić information content (AvgIpc) is 2.70. The predicted molar refractivity (Wildman–Crippen MR) is 120 cm³/mol.